The van der Waals surface area contributed by atoms with Crippen LogP contribution in [-0.4, -0.2) is 35.4 Å². The number of aromatic nitrogens is 2. The Hall–Kier alpha value is -1.41. The molecule has 0 aliphatic rings. The molecular weight excluding hydrogens is 234 g/mol. The van der Waals surface area contributed by atoms with Crippen molar-refractivity contribution in [2.75, 3.05) is 5.75 Å². The van der Waals surface area contributed by atoms with Crippen molar-refractivity contribution in [3.63, 3.8) is 0 Å². The minimum atomic E-state index is -3.54. The van der Waals surface area contributed by atoms with Gasteiger partial charge in [0.25, 0.3) is 0 Å². The Morgan fingerprint density at radius 3 is 2.81 bits per heavy atom. The zero-order valence-corrected chi connectivity index (χ0v) is 9.54. The third kappa shape index (κ3) is 3.99. The van der Waals surface area contributed by atoms with Gasteiger partial charge in [0.15, 0.2) is 0 Å². The first-order valence-electron chi connectivity index (χ1n) is 4.59. The number of carboxylic acids is 1. The number of carboxylic acid groups (broad SMARTS) is 1. The molecular formula is C8H13N3O4S. The molecule has 7 nitrogen and oxygen atoms in total. The van der Waals surface area contributed by atoms with Gasteiger partial charge in [-0.05, 0) is 6.92 Å². The van der Waals surface area contributed by atoms with Crippen LogP contribution in [0.25, 0.3) is 0 Å². The second kappa shape index (κ2) is 5.08. The van der Waals surface area contributed by atoms with Gasteiger partial charge in [-0.1, -0.05) is 0 Å². The Labute approximate surface area is 92.9 Å². The molecule has 1 rings (SSSR count). The number of nitrogens with zero attached hydrogens (tertiary/aromatic N) is 1. The van der Waals surface area contributed by atoms with Crippen molar-refractivity contribution in [2.45, 2.75) is 19.9 Å². The van der Waals surface area contributed by atoms with Crippen molar-refractivity contribution in [1.29, 1.82) is 0 Å². The van der Waals surface area contributed by atoms with Crippen molar-refractivity contribution >= 4 is 16.0 Å². The van der Waals surface area contributed by atoms with Crippen LogP contribution in [0, 0.1) is 6.92 Å². The first kappa shape index (κ1) is 12.7. The SMILES string of the molecule is Cc1[nH]ncc1CNS(=O)(=O)CCC(=O)O. The minimum absolute atomic E-state index is 0.115. The molecule has 0 fully saturated rings. The van der Waals surface area contributed by atoms with E-state index in [1.807, 2.05) is 0 Å². The van der Waals surface area contributed by atoms with Gasteiger partial charge in [0.2, 0.25) is 10.0 Å². The maximum absolute atomic E-state index is 11.3. The number of rotatable bonds is 6. The van der Waals surface area contributed by atoms with Crippen LogP contribution >= 0.6 is 0 Å². The number of nitrogens with one attached hydrogen (secondary N) is 2. The van der Waals surface area contributed by atoms with Gasteiger partial charge in [-0.15, -0.1) is 0 Å². The number of aryl methyl sites for hydroxylation is 1. The standard InChI is InChI=1S/C8H13N3O4S/c1-6-7(4-9-11-6)5-10-16(14,15)3-2-8(12)13/h4,10H,2-3,5H2,1H3,(H,9,11)(H,12,13). The highest BCUT2D eigenvalue weighted by molar-refractivity contribution is 7.89. The maximum atomic E-state index is 11.3. The summed E-state index contributed by atoms with van der Waals surface area (Å²) in [6.07, 6.45) is 1.12. The predicted octanol–water partition coefficient (Wildman–Crippen LogP) is -0.388. The summed E-state index contributed by atoms with van der Waals surface area (Å²) in [5.41, 5.74) is 1.51. The van der Waals surface area contributed by atoms with Crippen LogP contribution in [0.4, 0.5) is 0 Å². The minimum Gasteiger partial charge on any atom is -0.481 e. The van der Waals surface area contributed by atoms with Gasteiger partial charge in [0, 0.05) is 17.8 Å². The van der Waals surface area contributed by atoms with Gasteiger partial charge in [0.1, 0.15) is 0 Å². The number of hydrogen-bond acceptors (Lipinski definition) is 4. The number of aromatic amines is 1. The molecule has 0 spiro atoms. The van der Waals surface area contributed by atoms with Crippen molar-refractivity contribution in [3.05, 3.63) is 17.5 Å². The Kier molecular flexibility index (Phi) is 4.02. The summed E-state index contributed by atoms with van der Waals surface area (Å²) in [7, 11) is -3.54. The van der Waals surface area contributed by atoms with E-state index in [2.05, 4.69) is 14.9 Å². The molecule has 0 aliphatic heterocycles. The van der Waals surface area contributed by atoms with E-state index in [-0.39, 0.29) is 6.54 Å². The van der Waals surface area contributed by atoms with E-state index in [1.54, 1.807) is 6.92 Å². The summed E-state index contributed by atoms with van der Waals surface area (Å²) in [5, 5.41) is 14.8. The molecule has 1 aromatic heterocycles. The highest BCUT2D eigenvalue weighted by Gasteiger charge is 2.13. The van der Waals surface area contributed by atoms with Crippen molar-refractivity contribution < 1.29 is 18.3 Å². The van der Waals surface area contributed by atoms with E-state index in [0.29, 0.717) is 0 Å². The largest absolute Gasteiger partial charge is 0.481 e. The lowest BCUT2D eigenvalue weighted by Gasteiger charge is -2.04. The molecule has 0 unspecified atom stereocenters. The summed E-state index contributed by atoms with van der Waals surface area (Å²) in [4.78, 5) is 10.2. The van der Waals surface area contributed by atoms with Crippen molar-refractivity contribution in [3.8, 4) is 0 Å². The zero-order valence-electron chi connectivity index (χ0n) is 8.73. The molecule has 3 N–H and O–H groups in total. The van der Waals surface area contributed by atoms with Crippen molar-refractivity contribution in [2.24, 2.45) is 0 Å². The quantitative estimate of drug-likeness (QED) is 0.634. The monoisotopic (exact) mass is 247 g/mol. The van der Waals surface area contributed by atoms with Crippen LogP contribution in [0.3, 0.4) is 0 Å². The molecule has 8 heteroatoms. The fourth-order valence-electron chi connectivity index (χ4n) is 1.04. The number of sulfonamides is 1. The lowest BCUT2D eigenvalue weighted by molar-refractivity contribution is -0.136. The van der Waals surface area contributed by atoms with Crippen molar-refractivity contribution in [1.82, 2.24) is 14.9 Å². The van der Waals surface area contributed by atoms with Gasteiger partial charge < -0.3 is 5.11 Å². The smallest absolute Gasteiger partial charge is 0.304 e. The normalized spacial score (nSPS) is 11.6. The summed E-state index contributed by atoms with van der Waals surface area (Å²) in [5.74, 6) is -1.55. The van der Waals surface area contributed by atoms with Crippen LogP contribution in [0.5, 0.6) is 0 Å². The second-order valence-electron chi connectivity index (χ2n) is 3.30. The molecule has 0 bridgehead atoms. The van der Waals surface area contributed by atoms with E-state index >= 15 is 0 Å². The number of hydrogen-bond donors (Lipinski definition) is 3. The van der Waals surface area contributed by atoms with Crippen LogP contribution in [0.2, 0.25) is 0 Å². The van der Waals surface area contributed by atoms with Gasteiger partial charge in [0.05, 0.1) is 18.4 Å². The average Bonchev–Trinajstić information content (AvgIpc) is 2.59. The lowest BCUT2D eigenvalue weighted by atomic mass is 10.3. The molecule has 0 saturated heterocycles. The number of carbonyl (C=O) groups is 1. The van der Waals surface area contributed by atoms with Crippen LogP contribution in [-0.2, 0) is 21.4 Å². The summed E-state index contributed by atoms with van der Waals surface area (Å²) >= 11 is 0. The van der Waals surface area contributed by atoms with Gasteiger partial charge in [-0.3, -0.25) is 9.89 Å². The first-order chi connectivity index (χ1) is 7.41. The summed E-state index contributed by atoms with van der Waals surface area (Å²) < 4.78 is 25.0. The molecule has 0 aliphatic carbocycles. The first-order valence-corrected chi connectivity index (χ1v) is 6.24. The van der Waals surface area contributed by atoms with Gasteiger partial charge in [-0.25, -0.2) is 13.1 Å². The van der Waals surface area contributed by atoms with Crippen LogP contribution in [0.1, 0.15) is 17.7 Å². The molecule has 0 amide bonds. The fourth-order valence-corrected chi connectivity index (χ4v) is 2.00. The Morgan fingerprint density at radius 2 is 2.31 bits per heavy atom. The van der Waals surface area contributed by atoms with Gasteiger partial charge in [-0.2, -0.15) is 5.10 Å². The molecule has 0 aromatic carbocycles. The van der Waals surface area contributed by atoms with E-state index in [0.717, 1.165) is 11.3 Å². The molecule has 16 heavy (non-hydrogen) atoms. The zero-order chi connectivity index (χ0) is 12.2. The Morgan fingerprint density at radius 1 is 1.62 bits per heavy atom. The third-order valence-corrected chi connectivity index (χ3v) is 3.33. The predicted molar refractivity (Wildman–Crippen MR) is 56.2 cm³/mol. The second-order valence-corrected chi connectivity index (χ2v) is 5.23. The number of H-pyrrole nitrogens is 1. The highest BCUT2D eigenvalue weighted by Crippen LogP contribution is 2.02. The molecule has 90 valence electrons. The van der Waals surface area contributed by atoms with E-state index in [9.17, 15) is 13.2 Å². The van der Waals surface area contributed by atoms with Crippen LogP contribution in [0.15, 0.2) is 6.20 Å². The third-order valence-electron chi connectivity index (χ3n) is 2.00. The molecule has 1 heterocycles. The van der Waals surface area contributed by atoms with Crippen LogP contribution < -0.4 is 4.72 Å². The molecule has 0 saturated carbocycles. The lowest BCUT2D eigenvalue weighted by Crippen LogP contribution is -2.27. The maximum Gasteiger partial charge on any atom is 0.304 e. The molecule has 0 radical (unpaired) electrons. The fraction of sp³-hybridized carbons (Fsp3) is 0.500. The topological polar surface area (TPSA) is 112 Å². The molecule has 0 atom stereocenters. The Balaban J connectivity index is 2.48. The van der Waals surface area contributed by atoms with E-state index in [1.165, 1.54) is 6.20 Å². The molecule has 1 aromatic rings. The summed E-state index contributed by atoms with van der Waals surface area (Å²) in [6.45, 7) is 1.89. The van der Waals surface area contributed by atoms with E-state index < -0.39 is 28.2 Å². The van der Waals surface area contributed by atoms with Gasteiger partial charge >= 0.3 is 5.97 Å². The average molecular weight is 247 g/mol. The number of aliphatic carboxylic acids is 1. The Bertz CT molecular complexity index is 465. The highest BCUT2D eigenvalue weighted by atomic mass is 32.2. The summed E-state index contributed by atoms with van der Waals surface area (Å²) in [6, 6.07) is 0. The van der Waals surface area contributed by atoms with E-state index in [4.69, 9.17) is 5.11 Å².